The zero-order valence-corrected chi connectivity index (χ0v) is 12.2. The molecule has 0 saturated carbocycles. The molecule has 2 aromatic heterocycles. The van der Waals surface area contributed by atoms with Gasteiger partial charge in [-0.15, -0.1) is 11.3 Å². The van der Waals surface area contributed by atoms with Gasteiger partial charge in [-0.05, 0) is 30.7 Å². The van der Waals surface area contributed by atoms with E-state index in [0.29, 0.717) is 6.54 Å². The van der Waals surface area contributed by atoms with E-state index in [0.717, 1.165) is 29.7 Å². The molecule has 0 unspecified atom stereocenters. The molecule has 0 fully saturated rings. The lowest BCUT2D eigenvalue weighted by molar-refractivity contribution is 0.235. The Labute approximate surface area is 122 Å². The average molecular weight is 290 g/mol. The van der Waals surface area contributed by atoms with Gasteiger partial charge in [0.25, 0.3) is 0 Å². The molecule has 0 bridgehead atoms. The van der Waals surface area contributed by atoms with E-state index in [1.54, 1.807) is 11.3 Å². The van der Waals surface area contributed by atoms with Crippen LogP contribution < -0.4 is 10.6 Å². The highest BCUT2D eigenvalue weighted by atomic mass is 32.1. The van der Waals surface area contributed by atoms with Gasteiger partial charge >= 0.3 is 6.03 Å². The molecule has 1 aliphatic carbocycles. The molecule has 0 radical (unpaired) electrons. The Morgan fingerprint density at radius 3 is 3.30 bits per heavy atom. The molecule has 0 saturated heterocycles. The van der Waals surface area contributed by atoms with Crippen molar-refractivity contribution in [1.82, 2.24) is 20.4 Å². The number of nitrogens with one attached hydrogen (secondary N) is 2. The molecule has 2 N–H and O–H groups in total. The van der Waals surface area contributed by atoms with Crippen LogP contribution in [0.3, 0.4) is 0 Å². The van der Waals surface area contributed by atoms with Crippen LogP contribution in [0.15, 0.2) is 23.7 Å². The summed E-state index contributed by atoms with van der Waals surface area (Å²) in [5.41, 5.74) is 2.39. The van der Waals surface area contributed by atoms with Crippen molar-refractivity contribution in [3.63, 3.8) is 0 Å². The van der Waals surface area contributed by atoms with Crippen molar-refractivity contribution in [3.8, 4) is 0 Å². The molecule has 2 amide bonds. The third-order valence-corrected chi connectivity index (χ3v) is 4.56. The summed E-state index contributed by atoms with van der Waals surface area (Å²) in [5.74, 6) is 0. The van der Waals surface area contributed by atoms with Crippen molar-refractivity contribution in [2.24, 2.45) is 7.05 Å². The van der Waals surface area contributed by atoms with E-state index in [9.17, 15) is 4.79 Å². The van der Waals surface area contributed by atoms with Crippen LogP contribution in [0.25, 0.3) is 0 Å². The van der Waals surface area contributed by atoms with Crippen molar-refractivity contribution in [2.45, 2.75) is 31.8 Å². The number of carbonyl (C=O) groups excluding carboxylic acids is 1. The third-order valence-electron chi connectivity index (χ3n) is 3.68. The minimum atomic E-state index is -0.111. The third kappa shape index (κ3) is 2.70. The largest absolute Gasteiger partial charge is 0.333 e. The number of hydrogen-bond acceptors (Lipinski definition) is 3. The van der Waals surface area contributed by atoms with Gasteiger partial charge in [0.05, 0.1) is 18.8 Å². The van der Waals surface area contributed by atoms with E-state index in [2.05, 4.69) is 15.7 Å². The number of aryl methyl sites for hydroxylation is 1. The van der Waals surface area contributed by atoms with Crippen molar-refractivity contribution in [1.29, 1.82) is 0 Å². The van der Waals surface area contributed by atoms with E-state index < -0.39 is 0 Å². The quantitative estimate of drug-likeness (QED) is 0.911. The summed E-state index contributed by atoms with van der Waals surface area (Å²) in [6.45, 7) is 0.579. The number of urea groups is 1. The molecule has 6 heteroatoms. The second kappa shape index (κ2) is 5.66. The van der Waals surface area contributed by atoms with E-state index in [1.807, 2.05) is 35.4 Å². The minimum absolute atomic E-state index is 0.0794. The van der Waals surface area contributed by atoms with Crippen LogP contribution in [0, 0.1) is 0 Å². The Bertz CT molecular complexity index is 590. The van der Waals surface area contributed by atoms with Gasteiger partial charge in [-0.1, -0.05) is 6.07 Å². The molecular weight excluding hydrogens is 272 g/mol. The fourth-order valence-corrected chi connectivity index (χ4v) is 3.29. The Morgan fingerprint density at radius 2 is 2.50 bits per heavy atom. The number of hydrogen-bond donors (Lipinski definition) is 2. The number of rotatable bonds is 3. The number of aromatic nitrogens is 2. The first-order valence-corrected chi connectivity index (χ1v) is 7.69. The summed E-state index contributed by atoms with van der Waals surface area (Å²) in [6, 6.07) is 3.98. The van der Waals surface area contributed by atoms with Crippen LogP contribution in [0.1, 0.15) is 35.0 Å². The Balaban J connectivity index is 1.59. The lowest BCUT2D eigenvalue weighted by Crippen LogP contribution is -2.38. The standard InChI is InChI=1S/C14H18N4OS/c1-18-13-6-2-5-12(11(13)9-16-18)17-14(19)15-8-10-4-3-7-20-10/h3-4,7,9,12H,2,5-6,8H2,1H3,(H2,15,17,19)/t12-/m0/s1. The first kappa shape index (κ1) is 13.2. The van der Waals surface area contributed by atoms with Crippen LogP contribution in [-0.4, -0.2) is 15.8 Å². The van der Waals surface area contributed by atoms with Gasteiger partial charge in [0.2, 0.25) is 0 Å². The van der Waals surface area contributed by atoms with Crippen molar-refractivity contribution in [3.05, 3.63) is 39.8 Å². The monoisotopic (exact) mass is 290 g/mol. The Hall–Kier alpha value is -1.82. The maximum Gasteiger partial charge on any atom is 0.315 e. The molecule has 20 heavy (non-hydrogen) atoms. The van der Waals surface area contributed by atoms with Gasteiger partial charge in [0, 0.05) is 23.2 Å². The summed E-state index contributed by atoms with van der Waals surface area (Å²) in [7, 11) is 1.96. The van der Waals surface area contributed by atoms with E-state index >= 15 is 0 Å². The fourth-order valence-electron chi connectivity index (χ4n) is 2.65. The molecule has 2 aromatic rings. The lowest BCUT2D eigenvalue weighted by Gasteiger charge is -2.23. The highest BCUT2D eigenvalue weighted by Gasteiger charge is 2.24. The SMILES string of the molecule is Cn1ncc2c1CCC[C@@H]2NC(=O)NCc1cccs1. The fraction of sp³-hybridized carbons (Fsp3) is 0.429. The van der Waals surface area contributed by atoms with Gasteiger partial charge in [-0.3, -0.25) is 4.68 Å². The first-order valence-electron chi connectivity index (χ1n) is 6.81. The summed E-state index contributed by atoms with van der Waals surface area (Å²) < 4.78 is 1.91. The second-order valence-electron chi connectivity index (χ2n) is 5.02. The van der Waals surface area contributed by atoms with Gasteiger partial charge in [0.1, 0.15) is 0 Å². The average Bonchev–Trinajstić information content (AvgIpc) is 3.08. The lowest BCUT2D eigenvalue weighted by atomic mass is 9.93. The molecule has 2 heterocycles. The maximum absolute atomic E-state index is 12.0. The number of amides is 2. The van der Waals surface area contributed by atoms with Crippen LogP contribution in [-0.2, 0) is 20.0 Å². The van der Waals surface area contributed by atoms with Crippen molar-refractivity contribution < 1.29 is 4.79 Å². The van der Waals surface area contributed by atoms with Gasteiger partial charge in [-0.2, -0.15) is 5.10 Å². The van der Waals surface area contributed by atoms with Crippen molar-refractivity contribution in [2.75, 3.05) is 0 Å². The Morgan fingerprint density at radius 1 is 1.60 bits per heavy atom. The molecule has 3 rings (SSSR count). The minimum Gasteiger partial charge on any atom is -0.333 e. The number of fused-ring (bicyclic) bond motifs is 1. The number of thiophene rings is 1. The van der Waals surface area contributed by atoms with E-state index in [1.165, 1.54) is 5.69 Å². The summed E-state index contributed by atoms with van der Waals surface area (Å²) in [5, 5.41) is 12.3. The smallest absolute Gasteiger partial charge is 0.315 e. The summed E-state index contributed by atoms with van der Waals surface area (Å²) >= 11 is 1.65. The molecule has 0 spiro atoms. The maximum atomic E-state index is 12.0. The number of nitrogens with zero attached hydrogens (tertiary/aromatic N) is 2. The normalized spacial score (nSPS) is 17.6. The van der Waals surface area contributed by atoms with E-state index in [4.69, 9.17) is 0 Å². The summed E-state index contributed by atoms with van der Waals surface area (Å²) in [6.07, 6.45) is 4.98. The van der Waals surface area contributed by atoms with Crippen LogP contribution in [0.5, 0.6) is 0 Å². The van der Waals surface area contributed by atoms with E-state index in [-0.39, 0.29) is 12.1 Å². The first-order chi connectivity index (χ1) is 9.74. The zero-order valence-electron chi connectivity index (χ0n) is 11.4. The highest BCUT2D eigenvalue weighted by molar-refractivity contribution is 7.09. The molecule has 0 aromatic carbocycles. The molecule has 0 aliphatic heterocycles. The van der Waals surface area contributed by atoms with Gasteiger partial charge < -0.3 is 10.6 Å². The molecular formula is C14H18N4OS. The van der Waals surface area contributed by atoms with Crippen LogP contribution in [0.4, 0.5) is 4.79 Å². The van der Waals surface area contributed by atoms with Gasteiger partial charge in [0.15, 0.2) is 0 Å². The van der Waals surface area contributed by atoms with Crippen molar-refractivity contribution >= 4 is 17.4 Å². The molecule has 1 aliphatic rings. The second-order valence-corrected chi connectivity index (χ2v) is 6.05. The molecule has 5 nitrogen and oxygen atoms in total. The Kier molecular flexibility index (Phi) is 3.73. The highest BCUT2D eigenvalue weighted by Crippen LogP contribution is 2.28. The summed E-state index contributed by atoms with van der Waals surface area (Å²) in [4.78, 5) is 13.1. The zero-order chi connectivity index (χ0) is 13.9. The van der Waals surface area contributed by atoms with Crippen LogP contribution in [0.2, 0.25) is 0 Å². The molecule has 106 valence electrons. The van der Waals surface area contributed by atoms with Gasteiger partial charge in [-0.25, -0.2) is 4.79 Å². The predicted octanol–water partition coefficient (Wildman–Crippen LogP) is 2.36. The van der Waals surface area contributed by atoms with Crippen LogP contribution >= 0.6 is 11.3 Å². The molecule has 1 atom stereocenters. The predicted molar refractivity (Wildman–Crippen MR) is 78.6 cm³/mol. The number of carbonyl (C=O) groups is 1. The topological polar surface area (TPSA) is 59.0 Å².